The zero-order chi connectivity index (χ0) is 28.6. The van der Waals surface area contributed by atoms with Crippen molar-refractivity contribution in [1.82, 2.24) is 10.3 Å². The number of imide groups is 1. The number of carbonyl (C=O) groups is 4. The second-order valence-corrected chi connectivity index (χ2v) is 11.3. The first-order valence-corrected chi connectivity index (χ1v) is 13.7. The van der Waals surface area contributed by atoms with Crippen LogP contribution in [-0.2, 0) is 31.1 Å². The molecule has 0 aliphatic carbocycles. The van der Waals surface area contributed by atoms with E-state index in [4.69, 9.17) is 0 Å². The van der Waals surface area contributed by atoms with Crippen LogP contribution in [0.1, 0.15) is 29.2 Å². The SMILES string of the molecule is CC(=O)Nc1ccc(N2C(=O)[C@@H]3[C@H](Cc4c[nH]c5ccccc45)N[C@]4(C(=O)Nc5c4ccc(C)c5C)[C@H]3C2=O)cc1. The van der Waals surface area contributed by atoms with E-state index in [1.54, 1.807) is 24.3 Å². The van der Waals surface area contributed by atoms with Gasteiger partial charge >= 0.3 is 0 Å². The quantitative estimate of drug-likeness (QED) is 0.289. The van der Waals surface area contributed by atoms with Crippen LogP contribution in [0, 0.1) is 25.7 Å². The van der Waals surface area contributed by atoms with Gasteiger partial charge in [0.15, 0.2) is 0 Å². The maximum absolute atomic E-state index is 14.3. The van der Waals surface area contributed by atoms with E-state index < -0.39 is 29.3 Å². The van der Waals surface area contributed by atoms with Gasteiger partial charge in [0, 0.05) is 47.0 Å². The summed E-state index contributed by atoms with van der Waals surface area (Å²) in [6.07, 6.45) is 2.39. The van der Waals surface area contributed by atoms with Crippen molar-refractivity contribution in [1.29, 1.82) is 0 Å². The van der Waals surface area contributed by atoms with Crippen LogP contribution < -0.4 is 20.9 Å². The number of nitrogens with zero attached hydrogens (tertiary/aromatic N) is 1. The predicted octanol–water partition coefficient (Wildman–Crippen LogP) is 3.91. The number of rotatable bonds is 4. The topological polar surface area (TPSA) is 123 Å². The minimum atomic E-state index is -1.38. The van der Waals surface area contributed by atoms with Gasteiger partial charge in [0.2, 0.25) is 23.6 Å². The smallest absolute Gasteiger partial charge is 0.250 e. The lowest BCUT2D eigenvalue weighted by molar-refractivity contribution is -0.130. The second-order valence-electron chi connectivity index (χ2n) is 11.3. The molecular weight excluding hydrogens is 518 g/mol. The Labute approximate surface area is 236 Å². The number of nitrogens with one attached hydrogen (secondary N) is 4. The highest BCUT2D eigenvalue weighted by Crippen LogP contribution is 2.54. The third-order valence-electron chi connectivity index (χ3n) is 8.98. The van der Waals surface area contributed by atoms with Gasteiger partial charge in [-0.25, -0.2) is 4.90 Å². The van der Waals surface area contributed by atoms with Crippen molar-refractivity contribution in [3.63, 3.8) is 0 Å². The Bertz CT molecular complexity index is 1790. The van der Waals surface area contributed by atoms with E-state index in [2.05, 4.69) is 20.9 Å². The average molecular weight is 548 g/mol. The fraction of sp³-hybridized carbons (Fsp3) is 0.250. The van der Waals surface area contributed by atoms with Crippen LogP contribution in [0.15, 0.2) is 66.9 Å². The van der Waals surface area contributed by atoms with E-state index in [9.17, 15) is 19.2 Å². The fourth-order valence-electron chi connectivity index (χ4n) is 6.98. The minimum absolute atomic E-state index is 0.217. The standard InChI is InChI=1S/C32H29N5O4/c1-16-8-13-23-28(17(16)2)35-31(41)32(23)27-26(25(36-32)14-19-15-33-24-7-5-4-6-22(19)24)29(39)37(30(27)40)21-11-9-20(10-12-21)34-18(3)38/h4-13,15,25-27,33,36H,14H2,1-3H3,(H,34,38)(H,35,41)/t25-,26+,27+,32-/m0/s1. The number of aromatic nitrogens is 1. The Kier molecular flexibility index (Phi) is 5.46. The molecule has 9 heteroatoms. The summed E-state index contributed by atoms with van der Waals surface area (Å²) in [5.74, 6) is -2.98. The van der Waals surface area contributed by atoms with Gasteiger partial charge < -0.3 is 15.6 Å². The molecule has 4 heterocycles. The van der Waals surface area contributed by atoms with Gasteiger partial charge in [0.05, 0.1) is 17.5 Å². The van der Waals surface area contributed by atoms with Crippen LogP contribution in [0.3, 0.4) is 0 Å². The number of hydrogen-bond acceptors (Lipinski definition) is 5. The number of carbonyl (C=O) groups excluding carboxylic acids is 4. The van der Waals surface area contributed by atoms with Gasteiger partial charge in [-0.2, -0.15) is 0 Å². The number of amides is 4. The first-order valence-electron chi connectivity index (χ1n) is 13.7. The summed E-state index contributed by atoms with van der Waals surface area (Å²) in [5.41, 5.74) is 4.94. The molecule has 0 unspecified atom stereocenters. The summed E-state index contributed by atoms with van der Waals surface area (Å²) in [5, 5.41) is 10.3. The molecule has 3 aliphatic rings. The summed E-state index contributed by atoms with van der Waals surface area (Å²) in [6.45, 7) is 5.35. The molecule has 2 fully saturated rings. The van der Waals surface area contributed by atoms with E-state index in [-0.39, 0.29) is 17.7 Å². The van der Waals surface area contributed by atoms with Gasteiger partial charge in [-0.3, -0.25) is 24.5 Å². The first kappa shape index (κ1) is 25.2. The summed E-state index contributed by atoms with van der Waals surface area (Å²) in [4.78, 5) is 58.4. The van der Waals surface area contributed by atoms with E-state index >= 15 is 0 Å². The number of hydrogen-bond donors (Lipinski definition) is 4. The van der Waals surface area contributed by atoms with E-state index in [1.165, 1.54) is 11.8 Å². The van der Waals surface area contributed by atoms with Crippen LogP contribution in [0.2, 0.25) is 0 Å². The Morgan fingerprint density at radius 2 is 1.73 bits per heavy atom. The molecule has 3 aliphatic heterocycles. The second kappa shape index (κ2) is 8.87. The molecular formula is C32H29N5O4. The van der Waals surface area contributed by atoms with Crippen molar-refractivity contribution in [2.45, 2.75) is 38.8 Å². The Morgan fingerprint density at radius 3 is 2.49 bits per heavy atom. The highest BCUT2D eigenvalue weighted by Gasteiger charge is 2.70. The molecule has 4 N–H and O–H groups in total. The maximum atomic E-state index is 14.3. The number of anilines is 3. The molecule has 0 saturated carbocycles. The van der Waals surface area contributed by atoms with Gasteiger partial charge in [-0.1, -0.05) is 30.3 Å². The molecule has 9 nitrogen and oxygen atoms in total. The van der Waals surface area contributed by atoms with Crippen molar-refractivity contribution in [2.75, 3.05) is 15.5 Å². The Hall–Kier alpha value is -4.76. The zero-order valence-electron chi connectivity index (χ0n) is 22.9. The lowest BCUT2D eigenvalue weighted by Gasteiger charge is -2.29. The highest BCUT2D eigenvalue weighted by atomic mass is 16.2. The molecule has 3 aromatic carbocycles. The number of aromatic amines is 1. The third-order valence-corrected chi connectivity index (χ3v) is 8.98. The van der Waals surface area contributed by atoms with Crippen LogP contribution >= 0.6 is 0 Å². The van der Waals surface area contributed by atoms with Crippen molar-refractivity contribution < 1.29 is 19.2 Å². The van der Waals surface area contributed by atoms with Gasteiger partial charge in [-0.15, -0.1) is 0 Å². The fourth-order valence-corrected chi connectivity index (χ4v) is 6.98. The van der Waals surface area contributed by atoms with E-state index in [0.717, 1.165) is 27.6 Å². The summed E-state index contributed by atoms with van der Waals surface area (Å²) in [7, 11) is 0. The van der Waals surface area contributed by atoms with Crippen molar-refractivity contribution in [2.24, 2.45) is 11.8 Å². The largest absolute Gasteiger partial charge is 0.361 e. The van der Waals surface area contributed by atoms with Gasteiger partial charge in [0.25, 0.3) is 0 Å². The third kappa shape index (κ3) is 3.52. The van der Waals surface area contributed by atoms with Crippen molar-refractivity contribution in [3.05, 3.63) is 89.1 Å². The van der Waals surface area contributed by atoms with E-state index in [0.29, 0.717) is 29.0 Å². The van der Waals surface area contributed by atoms with Crippen molar-refractivity contribution >= 4 is 51.6 Å². The number of aryl methyl sites for hydroxylation is 1. The van der Waals surface area contributed by atoms with Crippen LogP contribution in [0.4, 0.5) is 17.1 Å². The number of H-pyrrole nitrogens is 1. The normalized spacial score (nSPS) is 24.7. The molecule has 4 atom stereocenters. The summed E-state index contributed by atoms with van der Waals surface area (Å²) < 4.78 is 0. The lowest BCUT2D eigenvalue weighted by Crippen LogP contribution is -2.53. The number of benzene rings is 3. The molecule has 2 saturated heterocycles. The Balaban J connectivity index is 1.35. The average Bonchev–Trinajstić information content (AvgIpc) is 3.66. The molecule has 4 amide bonds. The molecule has 4 aromatic rings. The summed E-state index contributed by atoms with van der Waals surface area (Å²) in [6, 6.07) is 17.9. The molecule has 41 heavy (non-hydrogen) atoms. The molecule has 1 aromatic heterocycles. The zero-order valence-corrected chi connectivity index (χ0v) is 22.9. The first-order chi connectivity index (χ1) is 19.7. The molecule has 1 spiro atoms. The number of fused-ring (bicyclic) bond motifs is 5. The van der Waals surface area contributed by atoms with Crippen LogP contribution in [0.25, 0.3) is 10.9 Å². The van der Waals surface area contributed by atoms with Crippen LogP contribution in [0.5, 0.6) is 0 Å². The Morgan fingerprint density at radius 1 is 0.976 bits per heavy atom. The maximum Gasteiger partial charge on any atom is 0.250 e. The van der Waals surface area contributed by atoms with Crippen LogP contribution in [-0.4, -0.2) is 34.7 Å². The van der Waals surface area contributed by atoms with Crippen molar-refractivity contribution in [3.8, 4) is 0 Å². The molecule has 0 bridgehead atoms. The monoisotopic (exact) mass is 547 g/mol. The highest BCUT2D eigenvalue weighted by molar-refractivity contribution is 6.26. The molecule has 0 radical (unpaired) electrons. The minimum Gasteiger partial charge on any atom is -0.361 e. The molecule has 206 valence electrons. The predicted molar refractivity (Wildman–Crippen MR) is 155 cm³/mol. The molecule has 7 rings (SSSR count). The summed E-state index contributed by atoms with van der Waals surface area (Å²) >= 11 is 0. The lowest BCUT2D eigenvalue weighted by atomic mass is 9.75. The van der Waals surface area contributed by atoms with E-state index in [1.807, 2.05) is 56.4 Å². The van der Waals surface area contributed by atoms with Gasteiger partial charge in [0.1, 0.15) is 5.54 Å². The number of para-hydroxylation sites is 1. The van der Waals surface area contributed by atoms with Gasteiger partial charge in [-0.05, 0) is 67.3 Å².